The second kappa shape index (κ2) is 4.81. The van der Waals surface area contributed by atoms with Crippen molar-refractivity contribution >= 4 is 17.3 Å². The normalized spacial score (nSPS) is 22.2. The molecular formula is C14H19N5O. The largest absolute Gasteiger partial charge is 0.399 e. The Balaban J connectivity index is 2.08. The van der Waals surface area contributed by atoms with Gasteiger partial charge >= 0.3 is 0 Å². The average Bonchev–Trinajstić information content (AvgIpc) is 2.87. The summed E-state index contributed by atoms with van der Waals surface area (Å²) in [5.74, 6) is 0.145. The van der Waals surface area contributed by atoms with E-state index in [0.717, 1.165) is 16.8 Å². The summed E-state index contributed by atoms with van der Waals surface area (Å²) >= 11 is 0. The van der Waals surface area contributed by atoms with Crippen LogP contribution in [0.15, 0.2) is 29.8 Å². The number of hydrazine groups is 1. The highest BCUT2D eigenvalue weighted by molar-refractivity contribution is 6.02. The number of nitrogens with one attached hydrogen (secondary N) is 3. The molecule has 3 rings (SSSR count). The summed E-state index contributed by atoms with van der Waals surface area (Å²) < 4.78 is 0. The number of carbonyl (C=O) groups excluding carboxylic acids is 1. The van der Waals surface area contributed by atoms with E-state index in [2.05, 4.69) is 16.1 Å². The van der Waals surface area contributed by atoms with Crippen molar-refractivity contribution in [3.63, 3.8) is 0 Å². The number of carbonyl (C=O) groups is 1. The molecular weight excluding hydrogens is 254 g/mol. The molecule has 1 unspecified atom stereocenters. The van der Waals surface area contributed by atoms with Crippen molar-refractivity contribution in [3.05, 3.63) is 35.4 Å². The molecule has 6 nitrogen and oxygen atoms in total. The number of hydrogen-bond acceptors (Lipinski definition) is 5. The Morgan fingerprint density at radius 3 is 2.65 bits per heavy atom. The molecule has 1 aromatic carbocycles. The molecule has 1 amide bonds. The maximum atomic E-state index is 12.6. The van der Waals surface area contributed by atoms with Crippen LogP contribution in [0, 0.1) is 5.92 Å². The Hall–Kier alpha value is -2.05. The Bertz CT molecular complexity index is 563. The summed E-state index contributed by atoms with van der Waals surface area (Å²) in [5.41, 5.74) is 12.1. The number of fused-ring (bicyclic) bond motifs is 1. The summed E-state index contributed by atoms with van der Waals surface area (Å²) in [6.07, 6.45) is -0.211. The molecule has 0 radical (unpaired) electrons. The molecule has 2 heterocycles. The lowest BCUT2D eigenvalue weighted by Gasteiger charge is -2.34. The molecule has 20 heavy (non-hydrogen) atoms. The van der Waals surface area contributed by atoms with Gasteiger partial charge in [-0.15, -0.1) is 0 Å². The molecule has 1 saturated heterocycles. The van der Waals surface area contributed by atoms with Crippen LogP contribution in [0.3, 0.4) is 0 Å². The van der Waals surface area contributed by atoms with Crippen molar-refractivity contribution in [3.8, 4) is 0 Å². The fourth-order valence-electron chi connectivity index (χ4n) is 2.59. The molecule has 2 aliphatic rings. The van der Waals surface area contributed by atoms with Crippen LogP contribution in [-0.4, -0.2) is 23.9 Å². The van der Waals surface area contributed by atoms with Crippen molar-refractivity contribution in [2.75, 3.05) is 12.4 Å². The minimum atomic E-state index is -0.211. The number of rotatable bonds is 2. The highest BCUT2D eigenvalue weighted by atomic mass is 16.2. The average molecular weight is 273 g/mol. The Morgan fingerprint density at radius 1 is 1.30 bits per heavy atom. The van der Waals surface area contributed by atoms with Crippen molar-refractivity contribution in [2.45, 2.75) is 20.1 Å². The van der Waals surface area contributed by atoms with E-state index in [1.807, 2.05) is 38.1 Å². The third-order valence-electron chi connectivity index (χ3n) is 3.58. The molecule has 1 atom stereocenters. The molecule has 0 saturated carbocycles. The lowest BCUT2D eigenvalue weighted by molar-refractivity contribution is -0.132. The molecule has 1 fully saturated rings. The van der Waals surface area contributed by atoms with Crippen LogP contribution in [0.4, 0.5) is 5.69 Å². The predicted molar refractivity (Wildman–Crippen MR) is 77.5 cm³/mol. The van der Waals surface area contributed by atoms with E-state index in [-0.39, 0.29) is 18.1 Å². The van der Waals surface area contributed by atoms with Crippen LogP contribution in [0.5, 0.6) is 0 Å². The van der Waals surface area contributed by atoms with Gasteiger partial charge in [-0.05, 0) is 23.6 Å². The maximum absolute atomic E-state index is 12.6. The lowest BCUT2D eigenvalue weighted by Crippen LogP contribution is -2.56. The SMILES string of the molecule is CC(C)C1=C(c2ccc(N)cc2)NC2NCNN2C1=O. The summed E-state index contributed by atoms with van der Waals surface area (Å²) in [7, 11) is 0. The lowest BCUT2D eigenvalue weighted by atomic mass is 9.94. The van der Waals surface area contributed by atoms with Crippen LogP contribution >= 0.6 is 0 Å². The summed E-state index contributed by atoms with van der Waals surface area (Å²) in [5, 5.41) is 8.17. The number of amides is 1. The van der Waals surface area contributed by atoms with E-state index in [1.165, 1.54) is 0 Å². The number of nitrogens with two attached hydrogens (primary N) is 1. The minimum Gasteiger partial charge on any atom is -0.399 e. The molecule has 5 N–H and O–H groups in total. The summed E-state index contributed by atoms with van der Waals surface area (Å²) in [6.45, 7) is 4.62. The molecule has 0 bridgehead atoms. The Morgan fingerprint density at radius 2 is 2.00 bits per heavy atom. The standard InChI is InChI=1S/C14H19N5O/c1-8(2)11-12(9-3-5-10(15)6-4-9)18-14-16-7-17-19(14)13(11)20/h3-6,8,14,16-18H,7,15H2,1-2H3. The zero-order valence-electron chi connectivity index (χ0n) is 11.6. The van der Waals surface area contributed by atoms with Crippen molar-refractivity contribution < 1.29 is 4.79 Å². The minimum absolute atomic E-state index is 0.0144. The molecule has 0 aliphatic carbocycles. The third kappa shape index (κ3) is 2.03. The van der Waals surface area contributed by atoms with Gasteiger partial charge in [-0.2, -0.15) is 0 Å². The zero-order chi connectivity index (χ0) is 14.3. The first kappa shape index (κ1) is 13.0. The van der Waals surface area contributed by atoms with Crippen molar-refractivity contribution in [1.82, 2.24) is 21.1 Å². The highest BCUT2D eigenvalue weighted by Crippen LogP contribution is 2.28. The van der Waals surface area contributed by atoms with Gasteiger partial charge in [0.1, 0.15) is 0 Å². The molecule has 1 aromatic rings. The predicted octanol–water partition coefficient (Wildman–Crippen LogP) is 0.417. The van der Waals surface area contributed by atoms with Crippen molar-refractivity contribution in [2.24, 2.45) is 5.92 Å². The van der Waals surface area contributed by atoms with Gasteiger partial charge in [0.2, 0.25) is 0 Å². The van der Waals surface area contributed by atoms with Gasteiger partial charge in [0.15, 0.2) is 6.29 Å². The van der Waals surface area contributed by atoms with E-state index in [4.69, 9.17) is 5.73 Å². The second-order valence-corrected chi connectivity index (χ2v) is 5.33. The molecule has 6 heteroatoms. The van der Waals surface area contributed by atoms with Gasteiger partial charge in [0, 0.05) is 11.3 Å². The highest BCUT2D eigenvalue weighted by Gasteiger charge is 2.38. The van der Waals surface area contributed by atoms with Gasteiger partial charge in [-0.3, -0.25) is 10.1 Å². The first-order chi connectivity index (χ1) is 9.58. The van der Waals surface area contributed by atoms with Gasteiger partial charge < -0.3 is 11.1 Å². The van der Waals surface area contributed by atoms with Gasteiger partial charge in [-0.25, -0.2) is 10.4 Å². The smallest absolute Gasteiger partial charge is 0.269 e. The van der Waals surface area contributed by atoms with E-state index in [0.29, 0.717) is 12.4 Å². The van der Waals surface area contributed by atoms with E-state index < -0.39 is 0 Å². The quantitative estimate of drug-likeness (QED) is 0.587. The van der Waals surface area contributed by atoms with Crippen LogP contribution in [0.1, 0.15) is 19.4 Å². The summed E-state index contributed by atoms with van der Waals surface area (Å²) in [4.78, 5) is 12.6. The van der Waals surface area contributed by atoms with Gasteiger partial charge in [0.05, 0.1) is 12.4 Å². The Labute approximate surface area is 118 Å². The number of anilines is 1. The maximum Gasteiger partial charge on any atom is 0.269 e. The van der Waals surface area contributed by atoms with Gasteiger partial charge in [0.25, 0.3) is 5.91 Å². The van der Waals surface area contributed by atoms with Crippen LogP contribution in [-0.2, 0) is 4.79 Å². The van der Waals surface area contributed by atoms with Crippen LogP contribution in [0.2, 0.25) is 0 Å². The number of nitrogen functional groups attached to an aromatic ring is 1. The van der Waals surface area contributed by atoms with Crippen molar-refractivity contribution in [1.29, 1.82) is 0 Å². The van der Waals surface area contributed by atoms with E-state index >= 15 is 0 Å². The Kier molecular flexibility index (Phi) is 3.11. The van der Waals surface area contributed by atoms with Crippen LogP contribution < -0.4 is 21.8 Å². The topological polar surface area (TPSA) is 82.4 Å². The first-order valence-electron chi connectivity index (χ1n) is 6.75. The first-order valence-corrected chi connectivity index (χ1v) is 6.75. The summed E-state index contributed by atoms with van der Waals surface area (Å²) in [6, 6.07) is 7.56. The number of benzene rings is 1. The van der Waals surface area contributed by atoms with Crippen LogP contribution in [0.25, 0.3) is 5.70 Å². The number of nitrogens with zero attached hydrogens (tertiary/aromatic N) is 1. The van der Waals surface area contributed by atoms with E-state index in [9.17, 15) is 4.79 Å². The molecule has 0 spiro atoms. The fraction of sp³-hybridized carbons (Fsp3) is 0.357. The molecule has 0 aromatic heterocycles. The van der Waals surface area contributed by atoms with Gasteiger partial charge in [-0.1, -0.05) is 26.0 Å². The van der Waals surface area contributed by atoms with E-state index in [1.54, 1.807) is 5.01 Å². The molecule has 2 aliphatic heterocycles. The third-order valence-corrected chi connectivity index (χ3v) is 3.58. The second-order valence-electron chi connectivity index (χ2n) is 5.33. The molecule has 106 valence electrons. The fourth-order valence-corrected chi connectivity index (χ4v) is 2.59. The monoisotopic (exact) mass is 273 g/mol. The zero-order valence-corrected chi connectivity index (χ0v) is 11.6. The number of hydrogen-bond donors (Lipinski definition) is 4.